The van der Waals surface area contributed by atoms with E-state index in [9.17, 15) is 0 Å². The minimum Gasteiger partial charge on any atom is -0.355 e. The number of fused-ring (bicyclic) bond motifs is 1. The van der Waals surface area contributed by atoms with Gasteiger partial charge in [0.05, 0.1) is 5.39 Å². The zero-order valence-corrected chi connectivity index (χ0v) is 11.1. The Hall–Kier alpha value is -1.58. The Morgan fingerprint density at radius 1 is 1.44 bits per heavy atom. The van der Waals surface area contributed by atoms with Crippen LogP contribution in [0.25, 0.3) is 11.0 Å². The van der Waals surface area contributed by atoms with Gasteiger partial charge in [-0.15, -0.1) is 0 Å². The lowest BCUT2D eigenvalue weighted by atomic mass is 9.79. The molecule has 0 radical (unpaired) electrons. The van der Waals surface area contributed by atoms with Gasteiger partial charge in [-0.25, -0.2) is 9.97 Å². The van der Waals surface area contributed by atoms with Crippen LogP contribution in [-0.2, 0) is 0 Å². The molecule has 0 bridgehead atoms. The summed E-state index contributed by atoms with van der Waals surface area (Å²) in [6, 6.07) is 2.07. The Bertz CT molecular complexity index is 547. The van der Waals surface area contributed by atoms with E-state index in [0.717, 1.165) is 29.9 Å². The van der Waals surface area contributed by atoms with Gasteiger partial charge in [0, 0.05) is 19.3 Å². The van der Waals surface area contributed by atoms with Crippen molar-refractivity contribution >= 4 is 16.9 Å². The Morgan fingerprint density at radius 2 is 2.33 bits per heavy atom. The van der Waals surface area contributed by atoms with Crippen LogP contribution in [0.5, 0.6) is 0 Å². The van der Waals surface area contributed by atoms with Crippen molar-refractivity contribution in [2.75, 3.05) is 18.0 Å². The number of aromatic nitrogens is 3. The molecule has 18 heavy (non-hydrogen) atoms. The quantitative estimate of drug-likeness (QED) is 0.883. The average Bonchev–Trinajstić information content (AvgIpc) is 2.87. The van der Waals surface area contributed by atoms with E-state index in [2.05, 4.69) is 39.8 Å². The summed E-state index contributed by atoms with van der Waals surface area (Å²) in [5.41, 5.74) is 1.36. The van der Waals surface area contributed by atoms with Gasteiger partial charge in [0.25, 0.3) is 0 Å². The van der Waals surface area contributed by atoms with Gasteiger partial charge in [0.15, 0.2) is 0 Å². The second kappa shape index (κ2) is 4.26. The lowest BCUT2D eigenvalue weighted by molar-refractivity contribution is 0.251. The van der Waals surface area contributed by atoms with Crippen molar-refractivity contribution in [2.24, 2.45) is 5.41 Å². The summed E-state index contributed by atoms with van der Waals surface area (Å²) < 4.78 is 0. The van der Waals surface area contributed by atoms with Crippen LogP contribution in [0.2, 0.25) is 0 Å². The largest absolute Gasteiger partial charge is 0.355 e. The number of anilines is 1. The van der Waals surface area contributed by atoms with E-state index >= 15 is 0 Å². The number of hydrogen-bond acceptors (Lipinski definition) is 3. The minimum atomic E-state index is 0.422. The van der Waals surface area contributed by atoms with Crippen LogP contribution in [0.4, 0.5) is 5.82 Å². The minimum absolute atomic E-state index is 0.422. The summed E-state index contributed by atoms with van der Waals surface area (Å²) in [5, 5.41) is 1.14. The van der Waals surface area contributed by atoms with Crippen molar-refractivity contribution < 1.29 is 0 Å². The molecule has 0 aromatic carbocycles. The lowest BCUT2D eigenvalue weighted by Gasteiger charge is -2.40. The van der Waals surface area contributed by atoms with Crippen LogP contribution in [0.1, 0.15) is 33.1 Å². The molecule has 1 aliphatic rings. The maximum atomic E-state index is 4.50. The van der Waals surface area contributed by atoms with Gasteiger partial charge >= 0.3 is 0 Å². The van der Waals surface area contributed by atoms with Crippen LogP contribution in [0.15, 0.2) is 18.6 Å². The van der Waals surface area contributed by atoms with Crippen LogP contribution < -0.4 is 4.90 Å². The van der Waals surface area contributed by atoms with Gasteiger partial charge < -0.3 is 9.88 Å². The zero-order chi connectivity index (χ0) is 12.6. The maximum absolute atomic E-state index is 4.50. The summed E-state index contributed by atoms with van der Waals surface area (Å²) >= 11 is 0. The van der Waals surface area contributed by atoms with Crippen LogP contribution >= 0.6 is 0 Å². The molecule has 4 heteroatoms. The van der Waals surface area contributed by atoms with Crippen molar-refractivity contribution in [3.63, 3.8) is 0 Å². The number of nitrogens with zero attached hydrogens (tertiary/aromatic N) is 3. The fourth-order valence-corrected chi connectivity index (χ4v) is 2.90. The first kappa shape index (κ1) is 11.5. The summed E-state index contributed by atoms with van der Waals surface area (Å²) in [5.74, 6) is 1.08. The van der Waals surface area contributed by atoms with Gasteiger partial charge in [-0.1, -0.05) is 13.8 Å². The SMILES string of the molecule is CCC1(C)CCCN(c2ncnc3[nH]ccc23)C1. The Balaban J connectivity index is 1.97. The lowest BCUT2D eigenvalue weighted by Crippen LogP contribution is -2.41. The Kier molecular flexibility index (Phi) is 2.73. The standard InChI is InChI=1S/C14H20N4/c1-3-14(2)6-4-8-18(9-14)13-11-5-7-15-12(11)16-10-17-13/h5,7,10H,3-4,6,8-9H2,1-2H3,(H,15,16,17). The van der Waals surface area contributed by atoms with E-state index in [-0.39, 0.29) is 0 Å². The van der Waals surface area contributed by atoms with E-state index in [1.54, 1.807) is 6.33 Å². The van der Waals surface area contributed by atoms with Crippen LogP contribution in [0.3, 0.4) is 0 Å². The van der Waals surface area contributed by atoms with Crippen molar-refractivity contribution in [3.05, 3.63) is 18.6 Å². The second-order valence-corrected chi connectivity index (χ2v) is 5.63. The molecular weight excluding hydrogens is 224 g/mol. The number of H-pyrrole nitrogens is 1. The third-order valence-electron chi connectivity index (χ3n) is 4.27. The summed E-state index contributed by atoms with van der Waals surface area (Å²) in [6.07, 6.45) is 7.39. The molecule has 2 aromatic rings. The first-order chi connectivity index (χ1) is 8.72. The zero-order valence-electron chi connectivity index (χ0n) is 11.1. The van der Waals surface area contributed by atoms with E-state index in [0.29, 0.717) is 5.41 Å². The third kappa shape index (κ3) is 1.85. The van der Waals surface area contributed by atoms with Gasteiger partial charge in [-0.3, -0.25) is 0 Å². The first-order valence-corrected chi connectivity index (χ1v) is 6.75. The van der Waals surface area contributed by atoms with Gasteiger partial charge in [-0.05, 0) is 30.7 Å². The topological polar surface area (TPSA) is 44.8 Å². The van der Waals surface area contributed by atoms with Crippen LogP contribution in [-0.4, -0.2) is 28.0 Å². The van der Waals surface area contributed by atoms with Crippen molar-refractivity contribution in [1.29, 1.82) is 0 Å². The highest BCUT2D eigenvalue weighted by Gasteiger charge is 2.30. The van der Waals surface area contributed by atoms with E-state index in [4.69, 9.17) is 0 Å². The molecule has 1 N–H and O–H groups in total. The molecule has 1 aliphatic heterocycles. The monoisotopic (exact) mass is 244 g/mol. The normalized spacial score (nSPS) is 24.7. The number of piperidine rings is 1. The van der Waals surface area contributed by atoms with Gasteiger partial charge in [-0.2, -0.15) is 0 Å². The highest BCUT2D eigenvalue weighted by molar-refractivity contribution is 5.87. The van der Waals surface area contributed by atoms with E-state index in [1.807, 2.05) is 6.20 Å². The molecule has 4 nitrogen and oxygen atoms in total. The predicted molar refractivity (Wildman–Crippen MR) is 73.7 cm³/mol. The van der Waals surface area contributed by atoms with Crippen molar-refractivity contribution in [1.82, 2.24) is 15.0 Å². The number of hydrogen-bond donors (Lipinski definition) is 1. The smallest absolute Gasteiger partial charge is 0.142 e. The Labute approximate surface area is 107 Å². The van der Waals surface area contributed by atoms with Crippen molar-refractivity contribution in [2.45, 2.75) is 33.1 Å². The molecule has 0 amide bonds. The molecule has 0 saturated carbocycles. The summed E-state index contributed by atoms with van der Waals surface area (Å²) in [4.78, 5) is 14.3. The summed E-state index contributed by atoms with van der Waals surface area (Å²) in [6.45, 7) is 6.87. The number of nitrogens with one attached hydrogen (secondary N) is 1. The molecule has 3 rings (SSSR count). The van der Waals surface area contributed by atoms with E-state index in [1.165, 1.54) is 19.3 Å². The molecule has 2 aromatic heterocycles. The molecule has 0 aliphatic carbocycles. The molecule has 1 atom stereocenters. The van der Waals surface area contributed by atoms with Gasteiger partial charge in [0.1, 0.15) is 17.8 Å². The fraction of sp³-hybridized carbons (Fsp3) is 0.571. The second-order valence-electron chi connectivity index (χ2n) is 5.63. The van der Waals surface area contributed by atoms with Gasteiger partial charge in [0.2, 0.25) is 0 Å². The predicted octanol–water partition coefficient (Wildman–Crippen LogP) is 2.97. The van der Waals surface area contributed by atoms with Crippen LogP contribution in [0, 0.1) is 5.41 Å². The fourth-order valence-electron chi connectivity index (χ4n) is 2.90. The van der Waals surface area contributed by atoms with E-state index < -0.39 is 0 Å². The maximum Gasteiger partial charge on any atom is 0.142 e. The molecule has 1 saturated heterocycles. The molecule has 96 valence electrons. The average molecular weight is 244 g/mol. The third-order valence-corrected chi connectivity index (χ3v) is 4.27. The molecule has 1 unspecified atom stereocenters. The highest BCUT2D eigenvalue weighted by Crippen LogP contribution is 2.35. The molecular formula is C14H20N4. The van der Waals surface area contributed by atoms with Crippen molar-refractivity contribution in [3.8, 4) is 0 Å². The highest BCUT2D eigenvalue weighted by atomic mass is 15.2. The first-order valence-electron chi connectivity index (χ1n) is 6.75. The molecule has 0 spiro atoms. The summed E-state index contributed by atoms with van der Waals surface area (Å²) in [7, 11) is 0. The molecule has 3 heterocycles. The number of rotatable bonds is 2. The number of aromatic amines is 1. The Morgan fingerprint density at radius 3 is 3.17 bits per heavy atom. The molecule has 1 fully saturated rings.